The molecule has 138 valence electrons. The van der Waals surface area contributed by atoms with E-state index in [9.17, 15) is 0 Å². The summed E-state index contributed by atoms with van der Waals surface area (Å²) >= 11 is 0. The van der Waals surface area contributed by atoms with Gasteiger partial charge in [-0.3, -0.25) is 9.97 Å². The monoisotopic (exact) mass is 372 g/mol. The largest absolute Gasteiger partial charge is 0.497 e. The molecule has 0 saturated heterocycles. The van der Waals surface area contributed by atoms with E-state index in [1.54, 1.807) is 43.4 Å². The Bertz CT molecular complexity index is 1170. The lowest BCUT2D eigenvalue weighted by atomic mass is 10.1. The third kappa shape index (κ3) is 3.33. The smallest absolute Gasteiger partial charge is 0.182 e. The highest BCUT2D eigenvalue weighted by atomic mass is 16.5. The molecule has 1 aromatic carbocycles. The van der Waals surface area contributed by atoms with Crippen molar-refractivity contribution in [2.75, 3.05) is 14.2 Å². The van der Waals surface area contributed by atoms with Crippen molar-refractivity contribution in [3.63, 3.8) is 0 Å². The van der Waals surface area contributed by atoms with Gasteiger partial charge < -0.3 is 9.47 Å². The van der Waals surface area contributed by atoms with Crippen LogP contribution in [0.3, 0.4) is 0 Å². The molecular formula is C20H16N6O2. The average Bonchev–Trinajstić information content (AvgIpc) is 3.15. The van der Waals surface area contributed by atoms with Crippen LogP contribution in [0.15, 0.2) is 49.1 Å². The zero-order valence-electron chi connectivity index (χ0n) is 15.3. The van der Waals surface area contributed by atoms with Gasteiger partial charge >= 0.3 is 0 Å². The lowest BCUT2D eigenvalue weighted by molar-refractivity contribution is 0.393. The molecule has 0 atom stereocenters. The van der Waals surface area contributed by atoms with Crippen LogP contribution in [-0.2, 0) is 6.42 Å². The minimum Gasteiger partial charge on any atom is -0.497 e. The predicted molar refractivity (Wildman–Crippen MR) is 101 cm³/mol. The molecule has 0 aliphatic heterocycles. The molecular weight excluding hydrogens is 356 g/mol. The first-order valence-corrected chi connectivity index (χ1v) is 8.48. The summed E-state index contributed by atoms with van der Waals surface area (Å²) in [5.41, 5.74) is 3.37. The quantitative estimate of drug-likeness (QED) is 0.531. The number of hydrogen-bond acceptors (Lipinski definition) is 7. The van der Waals surface area contributed by atoms with E-state index >= 15 is 0 Å². The van der Waals surface area contributed by atoms with Crippen molar-refractivity contribution in [1.29, 1.82) is 5.26 Å². The van der Waals surface area contributed by atoms with E-state index in [-0.39, 0.29) is 0 Å². The van der Waals surface area contributed by atoms with Crippen LogP contribution in [-0.4, -0.2) is 38.8 Å². The minimum absolute atomic E-state index is 0.463. The predicted octanol–water partition coefficient (Wildman–Crippen LogP) is 2.67. The van der Waals surface area contributed by atoms with Crippen LogP contribution in [0.1, 0.15) is 17.0 Å². The van der Waals surface area contributed by atoms with Crippen LogP contribution < -0.4 is 9.47 Å². The highest BCUT2D eigenvalue weighted by Crippen LogP contribution is 2.25. The molecule has 0 unspecified atom stereocenters. The maximum Gasteiger partial charge on any atom is 0.182 e. The molecule has 8 heteroatoms. The fraction of sp³-hybridized carbons (Fsp3) is 0.150. The molecule has 0 radical (unpaired) electrons. The Kier molecular flexibility index (Phi) is 4.56. The zero-order valence-corrected chi connectivity index (χ0v) is 15.3. The Balaban J connectivity index is 1.74. The molecule has 0 spiro atoms. The summed E-state index contributed by atoms with van der Waals surface area (Å²) in [6.45, 7) is 0. The van der Waals surface area contributed by atoms with Crippen LogP contribution >= 0.6 is 0 Å². The van der Waals surface area contributed by atoms with Gasteiger partial charge in [-0.05, 0) is 23.8 Å². The van der Waals surface area contributed by atoms with E-state index in [0.717, 1.165) is 5.56 Å². The number of rotatable bonds is 5. The summed E-state index contributed by atoms with van der Waals surface area (Å²) in [6.07, 6.45) is 7.06. The number of pyridine rings is 1. The summed E-state index contributed by atoms with van der Waals surface area (Å²) in [6, 6.07) is 9.49. The number of fused-ring (bicyclic) bond motifs is 1. The summed E-state index contributed by atoms with van der Waals surface area (Å²) < 4.78 is 12.3. The Labute approximate surface area is 161 Å². The van der Waals surface area contributed by atoms with Gasteiger partial charge in [-0.15, -0.1) is 0 Å². The van der Waals surface area contributed by atoms with Crippen molar-refractivity contribution in [2.24, 2.45) is 0 Å². The molecule has 8 nitrogen and oxygen atoms in total. The fourth-order valence-electron chi connectivity index (χ4n) is 2.92. The molecule has 3 aromatic heterocycles. The summed E-state index contributed by atoms with van der Waals surface area (Å²) in [5.74, 6) is 2.05. The van der Waals surface area contributed by atoms with Crippen LogP contribution in [0, 0.1) is 11.3 Å². The summed E-state index contributed by atoms with van der Waals surface area (Å²) in [7, 11) is 3.23. The van der Waals surface area contributed by atoms with E-state index < -0.39 is 0 Å². The molecule has 0 aliphatic carbocycles. The lowest BCUT2D eigenvalue weighted by Crippen LogP contribution is -1.95. The van der Waals surface area contributed by atoms with E-state index in [1.807, 2.05) is 18.2 Å². The molecule has 3 heterocycles. The van der Waals surface area contributed by atoms with Gasteiger partial charge in [0.25, 0.3) is 0 Å². The van der Waals surface area contributed by atoms with Gasteiger partial charge in [0, 0.05) is 42.8 Å². The molecule has 4 aromatic rings. The second-order valence-electron chi connectivity index (χ2n) is 6.04. The molecule has 4 rings (SSSR count). The first kappa shape index (κ1) is 17.4. The first-order valence-electron chi connectivity index (χ1n) is 8.48. The van der Waals surface area contributed by atoms with Crippen molar-refractivity contribution in [3.8, 4) is 28.8 Å². The van der Waals surface area contributed by atoms with Gasteiger partial charge in [-0.2, -0.15) is 10.4 Å². The van der Waals surface area contributed by atoms with Gasteiger partial charge in [0.05, 0.1) is 19.8 Å². The van der Waals surface area contributed by atoms with Gasteiger partial charge in [-0.25, -0.2) is 9.50 Å². The number of nitriles is 1. The van der Waals surface area contributed by atoms with Crippen molar-refractivity contribution in [2.45, 2.75) is 6.42 Å². The van der Waals surface area contributed by atoms with E-state index in [0.29, 0.717) is 46.2 Å². The van der Waals surface area contributed by atoms with Crippen molar-refractivity contribution in [3.05, 3.63) is 66.0 Å². The van der Waals surface area contributed by atoms with Crippen molar-refractivity contribution >= 4 is 5.65 Å². The van der Waals surface area contributed by atoms with E-state index in [1.165, 1.54) is 6.20 Å². The van der Waals surface area contributed by atoms with Gasteiger partial charge in [-0.1, -0.05) is 0 Å². The third-order valence-electron chi connectivity index (χ3n) is 4.21. The lowest BCUT2D eigenvalue weighted by Gasteiger charge is -2.07. The molecule has 0 fully saturated rings. The van der Waals surface area contributed by atoms with Gasteiger partial charge in [0.1, 0.15) is 23.3 Å². The first-order chi connectivity index (χ1) is 13.7. The number of methoxy groups -OCH3 is 2. The van der Waals surface area contributed by atoms with Crippen LogP contribution in [0.25, 0.3) is 16.9 Å². The summed E-state index contributed by atoms with van der Waals surface area (Å²) in [5, 5.41) is 13.7. The molecule has 0 bridgehead atoms. The number of ether oxygens (including phenoxy) is 2. The Morgan fingerprint density at radius 2 is 1.86 bits per heavy atom. The van der Waals surface area contributed by atoms with Crippen molar-refractivity contribution in [1.82, 2.24) is 24.6 Å². The minimum atomic E-state index is 0.463. The second-order valence-corrected chi connectivity index (χ2v) is 6.04. The fourth-order valence-corrected chi connectivity index (χ4v) is 2.92. The second kappa shape index (κ2) is 7.32. The number of aromatic nitrogens is 5. The Morgan fingerprint density at radius 3 is 2.57 bits per heavy atom. The normalized spacial score (nSPS) is 10.6. The number of benzene rings is 1. The van der Waals surface area contributed by atoms with Gasteiger partial charge in [0.15, 0.2) is 11.5 Å². The van der Waals surface area contributed by atoms with Crippen LogP contribution in [0.2, 0.25) is 0 Å². The van der Waals surface area contributed by atoms with Crippen LogP contribution in [0.4, 0.5) is 0 Å². The molecule has 28 heavy (non-hydrogen) atoms. The topological polar surface area (TPSA) is 98.2 Å². The third-order valence-corrected chi connectivity index (χ3v) is 4.21. The Morgan fingerprint density at radius 1 is 1.07 bits per heavy atom. The van der Waals surface area contributed by atoms with E-state index in [2.05, 4.69) is 26.1 Å². The maximum absolute atomic E-state index is 9.11. The Hall–Kier alpha value is -3.99. The van der Waals surface area contributed by atoms with E-state index in [4.69, 9.17) is 14.7 Å². The average molecular weight is 372 g/mol. The zero-order chi connectivity index (χ0) is 19.5. The molecule has 0 aliphatic rings. The SMILES string of the molecule is COc1cc(Cc2nc3c(-c4cncc(C#N)c4)nccn3n2)cc(OC)c1. The maximum atomic E-state index is 9.11. The highest BCUT2D eigenvalue weighted by molar-refractivity contribution is 5.73. The molecule has 0 N–H and O–H groups in total. The molecule has 0 saturated carbocycles. The summed E-state index contributed by atoms with van der Waals surface area (Å²) in [4.78, 5) is 13.2. The van der Waals surface area contributed by atoms with Gasteiger partial charge in [0.2, 0.25) is 0 Å². The van der Waals surface area contributed by atoms with Crippen LogP contribution in [0.5, 0.6) is 11.5 Å². The van der Waals surface area contributed by atoms with Crippen molar-refractivity contribution < 1.29 is 9.47 Å². The molecule has 0 amide bonds. The number of nitrogens with zero attached hydrogens (tertiary/aromatic N) is 6. The number of hydrogen-bond donors (Lipinski definition) is 0. The highest BCUT2D eigenvalue weighted by Gasteiger charge is 2.13. The standard InChI is InChI=1S/C20H16N6O2/c1-27-16-6-13(7-17(9-16)28-2)8-18-24-20-19(23-3-4-26(20)25-18)15-5-14(10-21)11-22-12-15/h3-7,9,11-12H,8H2,1-2H3.